The Labute approximate surface area is 267 Å². The van der Waals surface area contributed by atoms with E-state index < -0.39 is 49.5 Å². The van der Waals surface area contributed by atoms with Crippen molar-refractivity contribution in [2.45, 2.75) is 179 Å². The molecule has 1 aliphatic rings. The maximum Gasteiger partial charge on any atom is 0.220 e. The third kappa shape index (κ3) is 18.6. The molecular weight excluding hydrogens is 562 g/mol. The summed E-state index contributed by atoms with van der Waals surface area (Å²) in [5.41, 5.74) is 0. The first-order valence-electron chi connectivity index (χ1n) is 17.5. The van der Waals surface area contributed by atoms with Gasteiger partial charge in [0.15, 0.2) is 6.29 Å². The largest absolute Gasteiger partial charge is 0.394 e. The molecule has 1 rings (SSSR count). The molecule has 0 spiro atoms. The Bertz CT molecular complexity index is 746. The van der Waals surface area contributed by atoms with Crippen molar-refractivity contribution in [2.24, 2.45) is 0 Å². The Morgan fingerprint density at radius 1 is 0.773 bits per heavy atom. The maximum absolute atomic E-state index is 12.7. The molecule has 0 aromatic carbocycles. The molecule has 258 valence electrons. The van der Waals surface area contributed by atoms with E-state index in [9.17, 15) is 30.3 Å². The van der Waals surface area contributed by atoms with Crippen LogP contribution < -0.4 is 5.32 Å². The van der Waals surface area contributed by atoms with Gasteiger partial charge in [0.1, 0.15) is 24.4 Å². The number of carbonyl (C=O) groups is 1. The molecule has 0 aromatic heterocycles. The summed E-state index contributed by atoms with van der Waals surface area (Å²) in [5, 5.41) is 53.3. The van der Waals surface area contributed by atoms with E-state index in [1.54, 1.807) is 0 Å². The van der Waals surface area contributed by atoms with Crippen LogP contribution in [0.2, 0.25) is 0 Å². The van der Waals surface area contributed by atoms with E-state index in [1.807, 2.05) is 0 Å². The van der Waals surface area contributed by atoms with Crippen LogP contribution >= 0.6 is 0 Å². The summed E-state index contributed by atoms with van der Waals surface area (Å²) < 4.78 is 11.0. The second kappa shape index (κ2) is 26.8. The zero-order chi connectivity index (χ0) is 32.4. The van der Waals surface area contributed by atoms with E-state index in [0.717, 1.165) is 57.8 Å². The lowest BCUT2D eigenvalue weighted by molar-refractivity contribution is -0.302. The molecule has 6 N–H and O–H groups in total. The lowest BCUT2D eigenvalue weighted by Gasteiger charge is -2.40. The topological polar surface area (TPSA) is 149 Å². The minimum Gasteiger partial charge on any atom is -0.394 e. The van der Waals surface area contributed by atoms with E-state index >= 15 is 0 Å². The highest BCUT2D eigenvalue weighted by molar-refractivity contribution is 5.76. The normalized spacial score (nSPS) is 23.8. The highest BCUT2D eigenvalue weighted by Crippen LogP contribution is 2.22. The SMILES string of the molecule is CCCCCC/C=C\C/C=C\CCCCCCCCCC(=O)NC(COC1OC(CO)C(O)C(O)C1O)C(O)CCCCC. The van der Waals surface area contributed by atoms with Crippen LogP contribution in [0, 0.1) is 0 Å². The van der Waals surface area contributed by atoms with Crippen LogP contribution in [0.15, 0.2) is 24.3 Å². The maximum atomic E-state index is 12.7. The molecule has 0 aliphatic carbocycles. The number of hydrogen-bond acceptors (Lipinski definition) is 8. The van der Waals surface area contributed by atoms with Gasteiger partial charge in [-0.3, -0.25) is 4.79 Å². The molecule has 1 heterocycles. The predicted molar refractivity (Wildman–Crippen MR) is 175 cm³/mol. The number of ether oxygens (including phenoxy) is 2. The summed E-state index contributed by atoms with van der Waals surface area (Å²) in [4.78, 5) is 12.7. The van der Waals surface area contributed by atoms with Gasteiger partial charge >= 0.3 is 0 Å². The number of hydrogen-bond donors (Lipinski definition) is 6. The van der Waals surface area contributed by atoms with Gasteiger partial charge in [-0.05, 0) is 44.9 Å². The molecule has 7 unspecified atom stereocenters. The van der Waals surface area contributed by atoms with E-state index in [0.29, 0.717) is 12.8 Å². The highest BCUT2D eigenvalue weighted by Gasteiger charge is 2.44. The van der Waals surface area contributed by atoms with E-state index in [1.165, 1.54) is 51.4 Å². The number of carbonyl (C=O) groups excluding carboxylic acids is 1. The molecule has 0 bridgehead atoms. The smallest absolute Gasteiger partial charge is 0.220 e. The molecule has 0 radical (unpaired) electrons. The Morgan fingerprint density at radius 3 is 1.95 bits per heavy atom. The van der Waals surface area contributed by atoms with Crippen molar-refractivity contribution in [1.82, 2.24) is 5.32 Å². The van der Waals surface area contributed by atoms with Gasteiger partial charge in [-0.15, -0.1) is 0 Å². The van der Waals surface area contributed by atoms with E-state index in [2.05, 4.69) is 43.5 Å². The first-order valence-corrected chi connectivity index (χ1v) is 17.5. The Hall–Kier alpha value is -1.33. The Morgan fingerprint density at radius 2 is 1.34 bits per heavy atom. The third-order valence-corrected chi connectivity index (χ3v) is 8.31. The molecule has 9 heteroatoms. The van der Waals surface area contributed by atoms with Crippen LogP contribution in [0.5, 0.6) is 0 Å². The first-order chi connectivity index (χ1) is 21.3. The van der Waals surface area contributed by atoms with Gasteiger partial charge in [-0.25, -0.2) is 0 Å². The fraction of sp³-hybridized carbons (Fsp3) is 0.857. The highest BCUT2D eigenvalue weighted by atomic mass is 16.7. The molecule has 44 heavy (non-hydrogen) atoms. The summed E-state index contributed by atoms with van der Waals surface area (Å²) in [5.74, 6) is -0.167. The third-order valence-electron chi connectivity index (χ3n) is 8.31. The van der Waals surface area contributed by atoms with Crippen molar-refractivity contribution in [3.8, 4) is 0 Å². The summed E-state index contributed by atoms with van der Waals surface area (Å²) >= 11 is 0. The van der Waals surface area contributed by atoms with Crippen molar-refractivity contribution in [1.29, 1.82) is 0 Å². The van der Waals surface area contributed by atoms with Crippen LogP contribution in [-0.2, 0) is 14.3 Å². The molecule has 1 saturated heterocycles. The molecular formula is C35H65NO8. The van der Waals surface area contributed by atoms with Gasteiger partial charge in [-0.1, -0.05) is 109 Å². The minimum atomic E-state index is -1.55. The number of nitrogens with one attached hydrogen (secondary N) is 1. The molecule has 0 saturated carbocycles. The quantitative estimate of drug-likeness (QED) is 0.0537. The number of amides is 1. The fourth-order valence-corrected chi connectivity index (χ4v) is 5.36. The monoisotopic (exact) mass is 627 g/mol. The Balaban J connectivity index is 2.25. The van der Waals surface area contributed by atoms with Crippen molar-refractivity contribution in [3.05, 3.63) is 24.3 Å². The lowest BCUT2D eigenvalue weighted by Crippen LogP contribution is -2.60. The summed E-state index contributed by atoms with van der Waals surface area (Å²) in [6.07, 6.45) is 21.2. The summed E-state index contributed by atoms with van der Waals surface area (Å²) in [6, 6.07) is -0.715. The number of allylic oxidation sites excluding steroid dienone is 4. The lowest BCUT2D eigenvalue weighted by atomic mass is 9.99. The van der Waals surface area contributed by atoms with Gasteiger partial charge in [0, 0.05) is 6.42 Å². The second-order valence-corrected chi connectivity index (χ2v) is 12.3. The van der Waals surface area contributed by atoms with Crippen LogP contribution in [0.1, 0.15) is 136 Å². The molecule has 1 amide bonds. The molecule has 0 aromatic rings. The van der Waals surface area contributed by atoms with Gasteiger partial charge < -0.3 is 40.3 Å². The zero-order valence-corrected chi connectivity index (χ0v) is 27.7. The van der Waals surface area contributed by atoms with Gasteiger partial charge in [0.2, 0.25) is 5.91 Å². The summed E-state index contributed by atoms with van der Waals surface area (Å²) in [6.45, 7) is 3.61. The number of aliphatic hydroxyl groups excluding tert-OH is 5. The van der Waals surface area contributed by atoms with Gasteiger partial charge in [-0.2, -0.15) is 0 Å². The summed E-state index contributed by atoms with van der Waals surface area (Å²) in [7, 11) is 0. The van der Waals surface area contributed by atoms with Gasteiger partial charge in [0.05, 0.1) is 25.4 Å². The number of aliphatic hydroxyl groups is 5. The number of rotatable bonds is 27. The molecule has 1 fully saturated rings. The van der Waals surface area contributed by atoms with E-state index in [-0.39, 0.29) is 12.5 Å². The van der Waals surface area contributed by atoms with Crippen LogP contribution in [0.3, 0.4) is 0 Å². The fourth-order valence-electron chi connectivity index (χ4n) is 5.36. The van der Waals surface area contributed by atoms with E-state index in [4.69, 9.17) is 9.47 Å². The van der Waals surface area contributed by atoms with Crippen molar-refractivity contribution in [2.75, 3.05) is 13.2 Å². The standard InChI is InChI=1S/C35H65NO8/c1-3-5-7-8-9-10-11-12-13-14-15-16-17-18-19-20-21-23-25-31(39)36-28(29(38)24-22-6-4-2)27-43-35-34(42)33(41)32(40)30(26-37)44-35/h10-11,13-14,28-30,32-35,37-38,40-42H,3-9,12,15-27H2,1-2H3,(H,36,39)/b11-10-,14-13-. The van der Waals surface area contributed by atoms with Crippen LogP contribution in [-0.4, -0.2) is 87.5 Å². The molecule has 9 nitrogen and oxygen atoms in total. The average Bonchev–Trinajstić information content (AvgIpc) is 3.02. The van der Waals surface area contributed by atoms with Crippen LogP contribution in [0.25, 0.3) is 0 Å². The Kier molecular flexibility index (Phi) is 24.8. The zero-order valence-electron chi connectivity index (χ0n) is 27.7. The molecule has 7 atom stereocenters. The van der Waals surface area contributed by atoms with Crippen molar-refractivity contribution in [3.63, 3.8) is 0 Å². The first kappa shape index (κ1) is 40.7. The average molecular weight is 628 g/mol. The van der Waals surface area contributed by atoms with Crippen molar-refractivity contribution < 1.29 is 39.8 Å². The molecule has 1 aliphatic heterocycles. The van der Waals surface area contributed by atoms with Crippen LogP contribution in [0.4, 0.5) is 0 Å². The second-order valence-electron chi connectivity index (χ2n) is 12.3. The van der Waals surface area contributed by atoms with Gasteiger partial charge in [0.25, 0.3) is 0 Å². The van der Waals surface area contributed by atoms with Crippen molar-refractivity contribution >= 4 is 5.91 Å². The minimum absolute atomic E-state index is 0.146. The number of unbranched alkanes of at least 4 members (excludes halogenated alkanes) is 13. The predicted octanol–water partition coefficient (Wildman–Crippen LogP) is 5.21.